The van der Waals surface area contributed by atoms with Gasteiger partial charge in [0.1, 0.15) is 0 Å². The number of fused-ring (bicyclic) bond motifs is 5. The van der Waals surface area contributed by atoms with Gasteiger partial charge in [-0.05, 0) is 57.9 Å². The Morgan fingerprint density at radius 1 is 0.895 bits per heavy atom. The zero-order chi connectivity index (χ0) is 12.8. The molecule has 3 aromatic rings. The van der Waals surface area contributed by atoms with Crippen LogP contribution < -0.4 is 0 Å². The number of aryl methyl sites for hydroxylation is 1. The number of hydrogen-bond acceptors (Lipinski definition) is 0. The Balaban J connectivity index is 2.09. The van der Waals surface area contributed by atoms with E-state index in [0.29, 0.717) is 0 Å². The second-order valence-electron chi connectivity index (χ2n) is 5.66. The minimum atomic E-state index is 0.783. The molecule has 0 bridgehead atoms. The van der Waals surface area contributed by atoms with Gasteiger partial charge in [-0.2, -0.15) is 0 Å². The summed E-state index contributed by atoms with van der Waals surface area (Å²) in [6, 6.07) is 18.0. The van der Waals surface area contributed by atoms with Gasteiger partial charge in [0.05, 0.1) is 0 Å². The highest BCUT2D eigenvalue weighted by Crippen LogP contribution is 2.40. The van der Waals surface area contributed by atoms with Crippen LogP contribution in [0.1, 0.15) is 36.8 Å². The summed E-state index contributed by atoms with van der Waals surface area (Å²) in [7, 11) is 0. The summed E-state index contributed by atoms with van der Waals surface area (Å²) in [6.07, 6.45) is 3.85. The lowest BCUT2D eigenvalue weighted by molar-refractivity contribution is 0.656. The van der Waals surface area contributed by atoms with Crippen LogP contribution in [0.3, 0.4) is 0 Å². The van der Waals surface area contributed by atoms with E-state index in [9.17, 15) is 0 Å². The molecule has 0 nitrogen and oxygen atoms in total. The van der Waals surface area contributed by atoms with E-state index in [1.807, 2.05) is 0 Å². The van der Waals surface area contributed by atoms with Gasteiger partial charge >= 0.3 is 0 Å². The van der Waals surface area contributed by atoms with Gasteiger partial charge in [0.2, 0.25) is 0 Å². The fourth-order valence-electron chi connectivity index (χ4n) is 3.73. The monoisotopic (exact) mass is 246 g/mol. The van der Waals surface area contributed by atoms with E-state index in [1.54, 1.807) is 11.1 Å². The van der Waals surface area contributed by atoms with Crippen LogP contribution in [0, 0.1) is 0 Å². The summed E-state index contributed by atoms with van der Waals surface area (Å²) in [5.41, 5.74) is 3.21. The smallest absolute Gasteiger partial charge is 0.0102 e. The number of rotatable bonds is 1. The summed E-state index contributed by atoms with van der Waals surface area (Å²) < 4.78 is 0. The van der Waals surface area contributed by atoms with Crippen LogP contribution >= 0.6 is 0 Å². The summed E-state index contributed by atoms with van der Waals surface area (Å²) in [6.45, 7) is 2.31. The minimum absolute atomic E-state index is 0.783. The highest BCUT2D eigenvalue weighted by Gasteiger charge is 2.22. The molecular formula is C19H18. The van der Waals surface area contributed by atoms with Crippen LogP contribution in [-0.2, 0) is 6.42 Å². The number of hydrogen-bond donors (Lipinski definition) is 0. The zero-order valence-electron chi connectivity index (χ0n) is 11.3. The van der Waals surface area contributed by atoms with Crippen LogP contribution in [0.4, 0.5) is 0 Å². The third kappa shape index (κ3) is 1.53. The molecular weight excluding hydrogens is 228 g/mol. The maximum Gasteiger partial charge on any atom is -0.0102 e. The van der Waals surface area contributed by atoms with Gasteiger partial charge < -0.3 is 0 Å². The van der Waals surface area contributed by atoms with Crippen molar-refractivity contribution in [3.63, 3.8) is 0 Å². The molecule has 0 heteroatoms. The molecule has 0 spiro atoms. The summed E-state index contributed by atoms with van der Waals surface area (Å²) in [4.78, 5) is 0. The van der Waals surface area contributed by atoms with E-state index in [4.69, 9.17) is 0 Å². The minimum Gasteiger partial charge on any atom is -0.0648 e. The fourth-order valence-corrected chi connectivity index (χ4v) is 3.73. The largest absolute Gasteiger partial charge is 0.0648 e. The fraction of sp³-hybridized carbons (Fsp3) is 0.263. The van der Waals surface area contributed by atoms with Gasteiger partial charge in [-0.3, -0.25) is 0 Å². The molecule has 1 aliphatic rings. The molecule has 94 valence electrons. The van der Waals surface area contributed by atoms with E-state index < -0.39 is 0 Å². The maximum atomic E-state index is 2.38. The van der Waals surface area contributed by atoms with Crippen molar-refractivity contribution in [2.45, 2.75) is 32.1 Å². The van der Waals surface area contributed by atoms with Crippen LogP contribution in [0.25, 0.3) is 21.5 Å². The molecule has 0 amide bonds. The van der Waals surface area contributed by atoms with Crippen LogP contribution in [-0.4, -0.2) is 0 Å². The molecule has 0 saturated heterocycles. The highest BCUT2D eigenvalue weighted by atomic mass is 14.3. The van der Waals surface area contributed by atoms with Crippen molar-refractivity contribution in [1.29, 1.82) is 0 Å². The third-order valence-electron chi connectivity index (χ3n) is 4.75. The zero-order valence-corrected chi connectivity index (χ0v) is 11.3. The first kappa shape index (κ1) is 11.0. The molecule has 0 radical (unpaired) electrons. The van der Waals surface area contributed by atoms with Crippen molar-refractivity contribution in [3.8, 4) is 0 Å². The highest BCUT2D eigenvalue weighted by molar-refractivity contribution is 6.08. The Kier molecular flexibility index (Phi) is 2.38. The molecule has 3 aromatic carbocycles. The molecule has 0 saturated carbocycles. The lowest BCUT2D eigenvalue weighted by Crippen LogP contribution is -1.91. The standard InChI is InChI=1S/C19H18/c1-2-13-7-9-17-16(13)11-12-18-15-6-4-3-5-14(15)8-10-19(17)18/h3-6,8,10-13H,2,7,9H2,1H3. The van der Waals surface area contributed by atoms with Gasteiger partial charge in [0.15, 0.2) is 0 Å². The predicted octanol–water partition coefficient (Wildman–Crippen LogP) is 5.43. The van der Waals surface area contributed by atoms with Crippen molar-refractivity contribution in [2.24, 2.45) is 0 Å². The van der Waals surface area contributed by atoms with Crippen LogP contribution in [0.2, 0.25) is 0 Å². The van der Waals surface area contributed by atoms with Gasteiger partial charge in [-0.1, -0.05) is 55.5 Å². The van der Waals surface area contributed by atoms with Crippen molar-refractivity contribution in [3.05, 3.63) is 59.7 Å². The maximum absolute atomic E-state index is 2.38. The van der Waals surface area contributed by atoms with E-state index in [1.165, 1.54) is 40.8 Å². The second-order valence-corrected chi connectivity index (χ2v) is 5.66. The van der Waals surface area contributed by atoms with Crippen molar-refractivity contribution >= 4 is 21.5 Å². The van der Waals surface area contributed by atoms with E-state index in [2.05, 4.69) is 55.5 Å². The van der Waals surface area contributed by atoms with Gasteiger partial charge in [0.25, 0.3) is 0 Å². The summed E-state index contributed by atoms with van der Waals surface area (Å²) in [5.74, 6) is 0.783. The summed E-state index contributed by atoms with van der Waals surface area (Å²) >= 11 is 0. The molecule has 1 aliphatic carbocycles. The molecule has 1 atom stereocenters. The average molecular weight is 246 g/mol. The van der Waals surface area contributed by atoms with Gasteiger partial charge in [0, 0.05) is 0 Å². The Bertz CT molecular complexity index is 767. The van der Waals surface area contributed by atoms with Crippen molar-refractivity contribution in [2.75, 3.05) is 0 Å². The Morgan fingerprint density at radius 3 is 2.63 bits per heavy atom. The van der Waals surface area contributed by atoms with Crippen molar-refractivity contribution < 1.29 is 0 Å². The van der Waals surface area contributed by atoms with E-state index in [0.717, 1.165) is 5.92 Å². The Hall–Kier alpha value is -1.82. The SMILES string of the molecule is CCC1CCc2c1ccc1c2ccc2ccccc21. The van der Waals surface area contributed by atoms with E-state index in [-0.39, 0.29) is 0 Å². The second kappa shape index (κ2) is 4.09. The van der Waals surface area contributed by atoms with Crippen LogP contribution in [0.15, 0.2) is 48.5 Å². The Labute approximate surface area is 114 Å². The normalized spacial score (nSPS) is 18.1. The first-order valence-electron chi connectivity index (χ1n) is 7.31. The lowest BCUT2D eigenvalue weighted by atomic mass is 9.93. The van der Waals surface area contributed by atoms with E-state index >= 15 is 0 Å². The number of benzene rings is 3. The molecule has 0 heterocycles. The molecule has 0 aliphatic heterocycles. The first-order valence-corrected chi connectivity index (χ1v) is 7.31. The Morgan fingerprint density at radius 2 is 1.74 bits per heavy atom. The predicted molar refractivity (Wildman–Crippen MR) is 82.8 cm³/mol. The van der Waals surface area contributed by atoms with Crippen LogP contribution in [0.5, 0.6) is 0 Å². The molecule has 0 N–H and O–H groups in total. The molecule has 19 heavy (non-hydrogen) atoms. The van der Waals surface area contributed by atoms with Crippen molar-refractivity contribution in [1.82, 2.24) is 0 Å². The quantitative estimate of drug-likeness (QED) is 0.502. The summed E-state index contributed by atoms with van der Waals surface area (Å²) in [5, 5.41) is 5.64. The van der Waals surface area contributed by atoms with Gasteiger partial charge in [-0.25, -0.2) is 0 Å². The molecule has 0 aromatic heterocycles. The molecule has 0 fully saturated rings. The first-order chi connectivity index (χ1) is 9.38. The topological polar surface area (TPSA) is 0 Å². The van der Waals surface area contributed by atoms with Gasteiger partial charge in [-0.15, -0.1) is 0 Å². The lowest BCUT2D eigenvalue weighted by Gasteiger charge is -2.11. The third-order valence-corrected chi connectivity index (χ3v) is 4.75. The molecule has 4 rings (SSSR count). The average Bonchev–Trinajstić information content (AvgIpc) is 2.90. The molecule has 1 unspecified atom stereocenters.